The molecule has 0 spiro atoms. The molecule has 0 saturated heterocycles. The lowest BCUT2D eigenvalue weighted by atomic mass is 10.0. The monoisotopic (exact) mass is 318 g/mol. The van der Waals surface area contributed by atoms with E-state index in [0.29, 0.717) is 12.1 Å². The van der Waals surface area contributed by atoms with Gasteiger partial charge in [-0.1, -0.05) is 44.0 Å². The van der Waals surface area contributed by atoms with Gasteiger partial charge in [0.25, 0.3) is 0 Å². The fourth-order valence-corrected chi connectivity index (χ4v) is 2.38. The summed E-state index contributed by atoms with van der Waals surface area (Å²) in [5.41, 5.74) is 7.51. The van der Waals surface area contributed by atoms with Crippen molar-refractivity contribution in [3.8, 4) is 0 Å². The predicted octanol–water partition coefficient (Wildman–Crippen LogP) is 3.19. The minimum absolute atomic E-state index is 0.00000580. The highest BCUT2D eigenvalue weighted by Gasteiger charge is 2.16. The summed E-state index contributed by atoms with van der Waals surface area (Å²) in [5, 5.41) is 0. The van der Waals surface area contributed by atoms with E-state index in [9.17, 15) is 9.59 Å². The quantitative estimate of drug-likeness (QED) is 0.532. The fourth-order valence-electron chi connectivity index (χ4n) is 2.38. The van der Waals surface area contributed by atoms with Crippen LogP contribution < -0.4 is 5.73 Å². The zero-order valence-electron chi connectivity index (χ0n) is 14.7. The number of rotatable bonds is 10. The first-order valence-corrected chi connectivity index (χ1v) is 8.57. The van der Waals surface area contributed by atoms with E-state index in [1.165, 1.54) is 24.8 Å². The van der Waals surface area contributed by atoms with Gasteiger partial charge < -0.3 is 10.6 Å². The lowest BCUT2D eigenvalue weighted by Gasteiger charge is -2.23. The fraction of sp³-hybridized carbons (Fsp3) is 0.579. The third-order valence-electron chi connectivity index (χ3n) is 4.31. The smallest absolute Gasteiger partial charge is 0.223 e. The van der Waals surface area contributed by atoms with Crippen molar-refractivity contribution in [1.29, 1.82) is 0 Å². The maximum absolute atomic E-state index is 12.2. The number of nitrogens with two attached hydrogens (primary N) is 1. The Morgan fingerprint density at radius 3 is 2.35 bits per heavy atom. The van der Waals surface area contributed by atoms with Crippen LogP contribution in [0.15, 0.2) is 24.3 Å². The van der Waals surface area contributed by atoms with Crippen LogP contribution in [0.2, 0.25) is 0 Å². The molecular formula is C19H30N2O2. The second kappa shape index (κ2) is 10.2. The Bertz CT molecular complexity index is 497. The molecule has 0 radical (unpaired) electrons. The number of unbranched alkanes of at least 4 members (excludes halogenated alkanes) is 2. The molecule has 2 N–H and O–H groups in total. The van der Waals surface area contributed by atoms with E-state index in [-0.39, 0.29) is 30.6 Å². The minimum atomic E-state index is -0.0347. The molecule has 4 heteroatoms. The van der Waals surface area contributed by atoms with Crippen LogP contribution in [0.1, 0.15) is 61.9 Å². The van der Waals surface area contributed by atoms with Crippen molar-refractivity contribution < 1.29 is 9.59 Å². The van der Waals surface area contributed by atoms with Crippen molar-refractivity contribution in [1.82, 2.24) is 4.90 Å². The minimum Gasteiger partial charge on any atom is -0.342 e. The first-order valence-electron chi connectivity index (χ1n) is 8.57. The molecule has 1 atom stereocenters. The van der Waals surface area contributed by atoms with Gasteiger partial charge in [0.2, 0.25) is 5.91 Å². The van der Waals surface area contributed by atoms with Crippen molar-refractivity contribution in [2.24, 2.45) is 5.73 Å². The molecule has 0 fully saturated rings. The number of carbonyl (C=O) groups is 2. The molecule has 0 aliphatic heterocycles. The average Bonchev–Trinajstić information content (AvgIpc) is 2.58. The molecule has 1 unspecified atom stereocenters. The predicted molar refractivity (Wildman–Crippen MR) is 94.5 cm³/mol. The standard InChI is InChI=1S/C19H30N2O2/c1-4-5-6-7-16-8-10-17(11-9-16)18(22)12-13-19(23)21(3)15(2)14-20/h8-11,15H,4-7,12-14,20H2,1-3H3. The number of nitrogens with zero attached hydrogens (tertiary/aromatic N) is 1. The maximum atomic E-state index is 12.2. The van der Waals surface area contributed by atoms with E-state index in [0.717, 1.165) is 6.42 Å². The van der Waals surface area contributed by atoms with Crippen LogP contribution in [-0.4, -0.2) is 36.2 Å². The molecule has 0 heterocycles. The van der Waals surface area contributed by atoms with E-state index in [2.05, 4.69) is 6.92 Å². The summed E-state index contributed by atoms with van der Waals surface area (Å²) in [5.74, 6) is -0.0141. The van der Waals surface area contributed by atoms with E-state index < -0.39 is 0 Å². The summed E-state index contributed by atoms with van der Waals surface area (Å²) in [4.78, 5) is 25.8. The molecule has 128 valence electrons. The number of Topliss-reactive ketones (excluding diaryl/α,β-unsaturated/α-hetero) is 1. The highest BCUT2D eigenvalue weighted by atomic mass is 16.2. The number of amides is 1. The van der Waals surface area contributed by atoms with Crippen LogP contribution in [0, 0.1) is 0 Å². The first kappa shape index (κ1) is 19.4. The van der Waals surface area contributed by atoms with Crippen LogP contribution in [0.25, 0.3) is 0 Å². The number of aryl methyl sites for hydroxylation is 1. The van der Waals surface area contributed by atoms with Crippen molar-refractivity contribution in [2.75, 3.05) is 13.6 Å². The molecule has 0 bridgehead atoms. The summed E-state index contributed by atoms with van der Waals surface area (Å²) in [6.45, 7) is 4.52. The average molecular weight is 318 g/mol. The van der Waals surface area contributed by atoms with Crippen molar-refractivity contribution >= 4 is 11.7 Å². The summed E-state index contributed by atoms with van der Waals surface area (Å²) in [6, 6.07) is 7.79. The second-order valence-electron chi connectivity index (χ2n) is 6.17. The summed E-state index contributed by atoms with van der Waals surface area (Å²) in [6.07, 6.45) is 5.17. The van der Waals surface area contributed by atoms with Crippen LogP contribution in [0.4, 0.5) is 0 Å². The second-order valence-corrected chi connectivity index (χ2v) is 6.17. The summed E-state index contributed by atoms with van der Waals surface area (Å²) in [7, 11) is 1.73. The Balaban J connectivity index is 2.47. The van der Waals surface area contributed by atoms with Gasteiger partial charge in [-0.3, -0.25) is 9.59 Å². The Kier molecular flexibility index (Phi) is 8.56. The van der Waals surface area contributed by atoms with Crippen molar-refractivity contribution in [3.63, 3.8) is 0 Å². The molecule has 23 heavy (non-hydrogen) atoms. The third-order valence-corrected chi connectivity index (χ3v) is 4.31. The van der Waals surface area contributed by atoms with Crippen LogP contribution in [-0.2, 0) is 11.2 Å². The molecule has 1 aromatic carbocycles. The van der Waals surface area contributed by atoms with Gasteiger partial charge in [-0.25, -0.2) is 0 Å². The summed E-state index contributed by atoms with van der Waals surface area (Å²) < 4.78 is 0. The number of ketones is 1. The van der Waals surface area contributed by atoms with Gasteiger partial charge >= 0.3 is 0 Å². The van der Waals surface area contributed by atoms with Gasteiger partial charge in [0.05, 0.1) is 0 Å². The molecule has 4 nitrogen and oxygen atoms in total. The van der Waals surface area contributed by atoms with Crippen molar-refractivity contribution in [2.45, 2.75) is 58.4 Å². The van der Waals surface area contributed by atoms with Gasteiger partial charge in [0, 0.05) is 38.0 Å². The molecule has 0 aliphatic carbocycles. The normalized spacial score (nSPS) is 12.0. The zero-order chi connectivity index (χ0) is 17.2. The van der Waals surface area contributed by atoms with E-state index >= 15 is 0 Å². The van der Waals surface area contributed by atoms with Gasteiger partial charge in [-0.05, 0) is 25.3 Å². The Morgan fingerprint density at radius 1 is 1.13 bits per heavy atom. The number of hydrogen-bond acceptors (Lipinski definition) is 3. The molecule has 0 saturated carbocycles. The number of hydrogen-bond donors (Lipinski definition) is 1. The Hall–Kier alpha value is -1.68. The highest BCUT2D eigenvalue weighted by molar-refractivity contribution is 5.97. The SMILES string of the molecule is CCCCCc1ccc(C(=O)CCC(=O)N(C)C(C)CN)cc1. The van der Waals surface area contributed by atoms with E-state index in [4.69, 9.17) is 5.73 Å². The largest absolute Gasteiger partial charge is 0.342 e. The van der Waals surface area contributed by atoms with E-state index in [1.54, 1.807) is 11.9 Å². The van der Waals surface area contributed by atoms with Crippen LogP contribution in [0.5, 0.6) is 0 Å². The van der Waals surface area contributed by atoms with Crippen molar-refractivity contribution in [3.05, 3.63) is 35.4 Å². The molecule has 0 aliphatic rings. The van der Waals surface area contributed by atoms with E-state index in [1.807, 2.05) is 31.2 Å². The highest BCUT2D eigenvalue weighted by Crippen LogP contribution is 2.12. The van der Waals surface area contributed by atoms with Gasteiger partial charge in [0.15, 0.2) is 5.78 Å². The van der Waals surface area contributed by atoms with Crippen LogP contribution >= 0.6 is 0 Å². The molecular weight excluding hydrogens is 288 g/mol. The first-order chi connectivity index (χ1) is 11.0. The topological polar surface area (TPSA) is 63.4 Å². The third kappa shape index (κ3) is 6.53. The number of carbonyl (C=O) groups excluding carboxylic acids is 2. The Labute approximate surface area is 140 Å². The zero-order valence-corrected chi connectivity index (χ0v) is 14.7. The lowest BCUT2D eigenvalue weighted by molar-refractivity contribution is -0.131. The molecule has 1 aromatic rings. The number of likely N-dealkylation sites (N-methyl/N-ethyl adjacent to an activating group) is 1. The molecule has 1 amide bonds. The molecule has 1 rings (SSSR count). The number of benzene rings is 1. The van der Waals surface area contributed by atoms with Gasteiger partial charge in [-0.15, -0.1) is 0 Å². The summed E-state index contributed by atoms with van der Waals surface area (Å²) >= 11 is 0. The lowest BCUT2D eigenvalue weighted by Crippen LogP contribution is -2.39. The van der Waals surface area contributed by atoms with Gasteiger partial charge in [-0.2, -0.15) is 0 Å². The maximum Gasteiger partial charge on any atom is 0.223 e. The van der Waals surface area contributed by atoms with Gasteiger partial charge in [0.1, 0.15) is 0 Å². The molecule has 0 aromatic heterocycles. The Morgan fingerprint density at radius 2 is 1.78 bits per heavy atom. The van der Waals surface area contributed by atoms with Crippen LogP contribution in [0.3, 0.4) is 0 Å².